The highest BCUT2D eigenvalue weighted by Gasteiger charge is 2.53. The van der Waals surface area contributed by atoms with Crippen molar-refractivity contribution in [3.8, 4) is 12.3 Å². The molecule has 1 aliphatic carbocycles. The van der Waals surface area contributed by atoms with Gasteiger partial charge in [-0.1, -0.05) is 31.9 Å². The fraction of sp³-hybridized carbons (Fsp3) is 0.438. The summed E-state index contributed by atoms with van der Waals surface area (Å²) in [7, 11) is 0. The summed E-state index contributed by atoms with van der Waals surface area (Å²) in [5.74, 6) is 6.18. The van der Waals surface area contributed by atoms with Gasteiger partial charge in [-0.3, -0.25) is 14.6 Å². The van der Waals surface area contributed by atoms with Crippen LogP contribution in [0, 0.1) is 35.3 Å². The van der Waals surface area contributed by atoms with E-state index in [9.17, 15) is 18.4 Å². The Balaban J connectivity index is 1.67. The van der Waals surface area contributed by atoms with Crippen LogP contribution in [-0.4, -0.2) is 40.5 Å². The number of carbonyl (C=O) groups excluding carboxylic acids is 2. The van der Waals surface area contributed by atoms with E-state index in [2.05, 4.69) is 35.7 Å². The molecule has 0 saturated heterocycles. The Labute approximate surface area is 251 Å². The molecule has 11 heteroatoms. The predicted octanol–water partition coefficient (Wildman–Crippen LogP) is 4.15. The number of benzene rings is 2. The summed E-state index contributed by atoms with van der Waals surface area (Å²) in [6.45, 7) is 6.16. The molecule has 2 aromatic carbocycles. The smallest absolute Gasteiger partial charge is 0.275 e. The Hall–Kier alpha value is -4.30. The third-order valence-electron chi connectivity index (χ3n) is 8.97. The number of nitrogens with one attached hydrogen (secondary N) is 2. The molecule has 4 rings (SSSR count). The fourth-order valence-corrected chi connectivity index (χ4v) is 6.32. The third-order valence-corrected chi connectivity index (χ3v) is 8.97. The molecule has 0 bridgehead atoms. The molecule has 2 aliphatic rings. The predicted molar refractivity (Wildman–Crippen MR) is 162 cm³/mol. The lowest BCUT2D eigenvalue weighted by molar-refractivity contribution is -0.133. The molecule has 6 N–H and O–H groups in total. The number of carbonyl (C=O) groups is 2. The number of nitrogens with two attached hydrogens (primary N) is 2. The summed E-state index contributed by atoms with van der Waals surface area (Å²) >= 11 is 0. The largest absolute Gasteiger partial charge is 0.384 e. The molecule has 1 heterocycles. The number of hydrogen-bond acceptors (Lipinski definition) is 6. The second-order valence-corrected chi connectivity index (χ2v) is 11.4. The summed E-state index contributed by atoms with van der Waals surface area (Å²) in [6.07, 6.45) is 9.98. The van der Waals surface area contributed by atoms with Crippen molar-refractivity contribution in [1.29, 1.82) is 0 Å². The Morgan fingerprint density at radius 1 is 1.21 bits per heavy atom. The Morgan fingerprint density at radius 2 is 1.84 bits per heavy atom. The van der Waals surface area contributed by atoms with E-state index in [1.165, 1.54) is 0 Å². The van der Waals surface area contributed by atoms with Crippen molar-refractivity contribution in [1.82, 2.24) is 15.8 Å². The van der Waals surface area contributed by atoms with E-state index in [1.807, 2.05) is 6.92 Å². The molecular weight excluding hydrogens is 552 g/mol. The molecule has 1 saturated carbocycles. The van der Waals surface area contributed by atoms with Gasteiger partial charge in [0.15, 0.2) is 0 Å². The molecule has 2 atom stereocenters. The van der Waals surface area contributed by atoms with Crippen molar-refractivity contribution < 1.29 is 18.4 Å². The van der Waals surface area contributed by atoms with Crippen LogP contribution in [-0.2, 0) is 4.79 Å². The Morgan fingerprint density at radius 3 is 2.37 bits per heavy atom. The van der Waals surface area contributed by atoms with Gasteiger partial charge in [0, 0.05) is 22.6 Å². The molecule has 1 fully saturated rings. The van der Waals surface area contributed by atoms with Crippen LogP contribution in [0.5, 0.6) is 0 Å². The van der Waals surface area contributed by atoms with E-state index in [-0.39, 0.29) is 46.8 Å². The normalized spacial score (nSPS) is 22.5. The zero-order valence-corrected chi connectivity index (χ0v) is 24.8. The molecule has 228 valence electrons. The SMILES string of the molecule is C#CC(C)(CC)C1CCC2(CC1)N=C(c1cc(F)cc(F)c1)C(=O)N2C(CC)c1ccc(C(=O)NCC(N)=NNN)cc1. The Kier molecular flexibility index (Phi) is 9.50. The minimum atomic E-state index is -0.889. The van der Waals surface area contributed by atoms with Gasteiger partial charge < -0.3 is 16.0 Å². The molecular formula is C32H39F2N7O2. The van der Waals surface area contributed by atoms with Crippen LogP contribution < -0.4 is 22.4 Å². The number of amides is 2. The lowest BCUT2D eigenvalue weighted by Crippen LogP contribution is -2.51. The van der Waals surface area contributed by atoms with Crippen molar-refractivity contribution in [2.75, 3.05) is 6.54 Å². The van der Waals surface area contributed by atoms with Gasteiger partial charge in [0.1, 0.15) is 28.8 Å². The summed E-state index contributed by atoms with van der Waals surface area (Å²) in [5, 5.41) is 6.27. The van der Waals surface area contributed by atoms with Gasteiger partial charge >= 0.3 is 0 Å². The van der Waals surface area contributed by atoms with Crippen molar-refractivity contribution in [2.45, 2.75) is 71.0 Å². The van der Waals surface area contributed by atoms with Gasteiger partial charge in [-0.2, -0.15) is 5.10 Å². The van der Waals surface area contributed by atoms with Gasteiger partial charge in [0.25, 0.3) is 11.8 Å². The molecule has 2 unspecified atom stereocenters. The number of terminal acetylenes is 1. The Bertz CT molecular complexity index is 1440. The number of aliphatic imine (C=N–C) groups is 1. The van der Waals surface area contributed by atoms with Crippen LogP contribution in [0.2, 0.25) is 0 Å². The van der Waals surface area contributed by atoms with Crippen molar-refractivity contribution >= 4 is 23.4 Å². The van der Waals surface area contributed by atoms with Crippen LogP contribution >= 0.6 is 0 Å². The molecule has 9 nitrogen and oxygen atoms in total. The van der Waals surface area contributed by atoms with E-state index in [0.717, 1.165) is 43.0 Å². The average Bonchev–Trinajstić information content (AvgIpc) is 3.27. The fourth-order valence-electron chi connectivity index (χ4n) is 6.32. The van der Waals surface area contributed by atoms with Gasteiger partial charge in [-0.05, 0) is 81.2 Å². The zero-order valence-electron chi connectivity index (χ0n) is 24.8. The topological polar surface area (TPSA) is 138 Å². The lowest BCUT2D eigenvalue weighted by atomic mass is 9.66. The van der Waals surface area contributed by atoms with Crippen molar-refractivity contribution in [2.24, 2.45) is 33.0 Å². The first-order valence-corrected chi connectivity index (χ1v) is 14.5. The minimum Gasteiger partial charge on any atom is -0.384 e. The maximum absolute atomic E-state index is 14.2. The zero-order chi connectivity index (χ0) is 31.4. The number of hydrazone groups is 1. The standard InChI is InChI=1S/C32H39F2N7O2/c1-5-26(20-8-10-21(11-9-20)29(42)37-19-27(35)39-40-36)41-30(43)28(22-16-24(33)18-25(34)17-22)38-32(41)14-12-23(13-15-32)31(4,6-2)7-3/h2,8-11,16-18,23,26,40H,5,7,12-15,19,36H2,1,3-4H3,(H2,35,39)(H,37,42). The molecule has 1 aliphatic heterocycles. The van der Waals surface area contributed by atoms with E-state index in [1.54, 1.807) is 29.2 Å². The van der Waals surface area contributed by atoms with Crippen LogP contribution in [0.1, 0.15) is 86.8 Å². The second-order valence-electron chi connectivity index (χ2n) is 11.4. The minimum absolute atomic E-state index is 0.00566. The number of amidine groups is 1. The summed E-state index contributed by atoms with van der Waals surface area (Å²) in [4.78, 5) is 33.5. The van der Waals surface area contributed by atoms with Crippen LogP contribution in [0.25, 0.3) is 0 Å². The summed E-state index contributed by atoms with van der Waals surface area (Å²) < 4.78 is 28.5. The van der Waals surface area contributed by atoms with Crippen molar-refractivity contribution in [3.63, 3.8) is 0 Å². The molecule has 1 spiro atoms. The van der Waals surface area contributed by atoms with Crippen LogP contribution in [0.3, 0.4) is 0 Å². The van der Waals surface area contributed by atoms with E-state index < -0.39 is 23.3 Å². The van der Waals surface area contributed by atoms with E-state index >= 15 is 0 Å². The van der Waals surface area contributed by atoms with Gasteiger partial charge in [0.2, 0.25) is 0 Å². The van der Waals surface area contributed by atoms with Crippen molar-refractivity contribution in [3.05, 3.63) is 70.8 Å². The van der Waals surface area contributed by atoms with Gasteiger partial charge in [0.05, 0.1) is 12.6 Å². The van der Waals surface area contributed by atoms with E-state index in [4.69, 9.17) is 23.0 Å². The first-order valence-electron chi connectivity index (χ1n) is 14.5. The number of halogens is 2. The lowest BCUT2D eigenvalue weighted by Gasteiger charge is -2.47. The molecule has 2 amide bonds. The number of nitrogens with zero attached hydrogens (tertiary/aromatic N) is 3. The molecule has 2 aromatic rings. The second kappa shape index (κ2) is 12.9. The van der Waals surface area contributed by atoms with Crippen LogP contribution in [0.4, 0.5) is 8.78 Å². The monoisotopic (exact) mass is 591 g/mol. The third kappa shape index (κ3) is 6.39. The molecule has 0 aromatic heterocycles. The highest BCUT2D eigenvalue weighted by atomic mass is 19.1. The summed E-state index contributed by atoms with van der Waals surface area (Å²) in [6, 6.07) is 9.63. The number of hydrazine groups is 1. The summed E-state index contributed by atoms with van der Waals surface area (Å²) in [5.41, 5.74) is 7.94. The quantitative estimate of drug-likeness (QED) is 0.108. The first kappa shape index (κ1) is 31.6. The van der Waals surface area contributed by atoms with Gasteiger partial charge in [-0.15, -0.1) is 6.42 Å². The first-order chi connectivity index (χ1) is 20.5. The highest BCUT2D eigenvalue weighted by Crippen LogP contribution is 2.50. The number of hydrogen-bond donors (Lipinski definition) is 4. The maximum atomic E-state index is 14.2. The van der Waals surface area contributed by atoms with Crippen LogP contribution in [0.15, 0.2) is 52.6 Å². The maximum Gasteiger partial charge on any atom is 0.275 e. The number of rotatable bonds is 10. The molecule has 43 heavy (non-hydrogen) atoms. The molecule has 0 radical (unpaired) electrons. The average molecular weight is 592 g/mol. The highest BCUT2D eigenvalue weighted by molar-refractivity contribution is 6.46. The van der Waals surface area contributed by atoms with Gasteiger partial charge in [-0.25, -0.2) is 20.2 Å². The van der Waals surface area contributed by atoms with E-state index in [0.29, 0.717) is 24.8 Å².